The van der Waals surface area contributed by atoms with Gasteiger partial charge in [0.25, 0.3) is 0 Å². The van der Waals surface area contributed by atoms with Gasteiger partial charge in [-0.2, -0.15) is 0 Å². The molecule has 1 aromatic rings. The monoisotopic (exact) mass is 264 g/mol. The molecule has 78 valence electrons. The number of hydrogen-bond donors (Lipinski definition) is 0. The van der Waals surface area contributed by atoms with Crippen LogP contribution in [0.15, 0.2) is 12.1 Å². The van der Waals surface area contributed by atoms with Crippen LogP contribution in [-0.4, -0.2) is 12.4 Å². The van der Waals surface area contributed by atoms with Gasteiger partial charge in [-0.15, -0.1) is 0 Å². The highest BCUT2D eigenvalue weighted by Gasteiger charge is 2.17. The fourth-order valence-electron chi connectivity index (χ4n) is 1.29. The third-order valence-corrected chi connectivity index (χ3v) is 2.97. The van der Waals surface area contributed by atoms with Crippen molar-refractivity contribution >= 4 is 15.9 Å². The third-order valence-electron chi connectivity index (χ3n) is 2.00. The minimum atomic E-state index is -0.620. The number of hydrogen-bond acceptors (Lipinski definition) is 1. The molecule has 0 saturated heterocycles. The van der Waals surface area contributed by atoms with E-state index < -0.39 is 11.6 Å². The molecule has 0 aliphatic carbocycles. The Kier molecular flexibility index (Phi) is 3.86. The number of ether oxygens (including phenoxy) is 1. The van der Waals surface area contributed by atoms with Crippen LogP contribution in [0.25, 0.3) is 0 Å². The first kappa shape index (κ1) is 11.4. The first-order valence-corrected chi connectivity index (χ1v) is 5.31. The quantitative estimate of drug-likeness (QED) is 0.760. The molecule has 14 heavy (non-hydrogen) atoms. The Morgan fingerprint density at radius 1 is 1.43 bits per heavy atom. The molecule has 0 bridgehead atoms. The standard InChI is InChI=1S/C10H11BrF2O/c1-6(5-11)10-8(13)3-7(12)4-9(10)14-2/h3-4,6H,5H2,1-2H3. The molecule has 4 heteroatoms. The van der Waals surface area contributed by atoms with Gasteiger partial charge < -0.3 is 4.74 Å². The number of halogens is 3. The zero-order chi connectivity index (χ0) is 10.7. The Labute approximate surface area is 90.2 Å². The molecule has 0 radical (unpaired) electrons. The van der Waals surface area contributed by atoms with Crippen molar-refractivity contribution in [3.8, 4) is 5.75 Å². The second kappa shape index (κ2) is 4.73. The van der Waals surface area contributed by atoms with E-state index in [0.717, 1.165) is 6.07 Å². The van der Waals surface area contributed by atoms with E-state index in [1.807, 2.05) is 6.92 Å². The molecule has 1 rings (SSSR count). The van der Waals surface area contributed by atoms with Crippen molar-refractivity contribution in [3.63, 3.8) is 0 Å². The summed E-state index contributed by atoms with van der Waals surface area (Å²) in [6.07, 6.45) is 0. The Balaban J connectivity index is 3.24. The first-order chi connectivity index (χ1) is 6.60. The number of benzene rings is 1. The van der Waals surface area contributed by atoms with Crippen LogP contribution < -0.4 is 4.74 Å². The Hall–Kier alpha value is -0.640. The molecule has 0 aliphatic heterocycles. The molecule has 1 unspecified atom stereocenters. The molecule has 0 spiro atoms. The van der Waals surface area contributed by atoms with Crippen molar-refractivity contribution in [2.45, 2.75) is 12.8 Å². The summed E-state index contributed by atoms with van der Waals surface area (Å²) >= 11 is 3.25. The first-order valence-electron chi connectivity index (χ1n) is 4.19. The fraction of sp³-hybridized carbons (Fsp3) is 0.400. The molecule has 0 aromatic heterocycles. The predicted octanol–water partition coefficient (Wildman–Crippen LogP) is 3.47. The van der Waals surface area contributed by atoms with Crippen LogP contribution in [0.3, 0.4) is 0 Å². The summed E-state index contributed by atoms with van der Waals surface area (Å²) in [5.41, 5.74) is 0.408. The van der Waals surface area contributed by atoms with E-state index in [-0.39, 0.29) is 11.7 Å². The van der Waals surface area contributed by atoms with E-state index in [1.54, 1.807) is 0 Å². The topological polar surface area (TPSA) is 9.23 Å². The maximum Gasteiger partial charge on any atom is 0.133 e. The Bertz CT molecular complexity index is 328. The lowest BCUT2D eigenvalue weighted by Gasteiger charge is -2.14. The molecule has 1 aromatic carbocycles. The fourth-order valence-corrected chi connectivity index (χ4v) is 1.61. The SMILES string of the molecule is COc1cc(F)cc(F)c1C(C)CBr. The van der Waals surface area contributed by atoms with E-state index in [4.69, 9.17) is 4.74 Å². The van der Waals surface area contributed by atoms with Crippen molar-refractivity contribution in [2.75, 3.05) is 12.4 Å². The molecule has 0 heterocycles. The Morgan fingerprint density at radius 3 is 2.57 bits per heavy atom. The second-order valence-electron chi connectivity index (χ2n) is 3.06. The van der Waals surface area contributed by atoms with Crippen LogP contribution in [0.2, 0.25) is 0 Å². The van der Waals surface area contributed by atoms with Crippen molar-refractivity contribution < 1.29 is 13.5 Å². The summed E-state index contributed by atoms with van der Waals surface area (Å²) < 4.78 is 31.2. The largest absolute Gasteiger partial charge is 0.496 e. The molecule has 0 amide bonds. The highest BCUT2D eigenvalue weighted by Crippen LogP contribution is 2.31. The highest BCUT2D eigenvalue weighted by atomic mass is 79.9. The van der Waals surface area contributed by atoms with Gasteiger partial charge in [0.1, 0.15) is 17.4 Å². The maximum absolute atomic E-state index is 13.4. The van der Waals surface area contributed by atoms with Crippen LogP contribution in [0.1, 0.15) is 18.4 Å². The summed E-state index contributed by atoms with van der Waals surface area (Å²) in [6, 6.07) is 2.06. The van der Waals surface area contributed by atoms with Crippen LogP contribution in [0.5, 0.6) is 5.75 Å². The van der Waals surface area contributed by atoms with Gasteiger partial charge in [-0.1, -0.05) is 22.9 Å². The molecule has 0 N–H and O–H groups in total. The summed E-state index contributed by atoms with van der Waals surface area (Å²) in [5.74, 6) is -0.973. The van der Waals surface area contributed by atoms with E-state index >= 15 is 0 Å². The van der Waals surface area contributed by atoms with Gasteiger partial charge in [0.05, 0.1) is 7.11 Å². The zero-order valence-electron chi connectivity index (χ0n) is 7.98. The molecular formula is C10H11BrF2O. The summed E-state index contributed by atoms with van der Waals surface area (Å²) in [7, 11) is 1.40. The van der Waals surface area contributed by atoms with Gasteiger partial charge in [0, 0.05) is 23.0 Å². The molecular weight excluding hydrogens is 254 g/mol. The highest BCUT2D eigenvalue weighted by molar-refractivity contribution is 9.09. The van der Waals surface area contributed by atoms with Crippen molar-refractivity contribution in [3.05, 3.63) is 29.3 Å². The number of rotatable bonds is 3. The van der Waals surface area contributed by atoms with Crippen LogP contribution >= 0.6 is 15.9 Å². The van der Waals surface area contributed by atoms with Crippen molar-refractivity contribution in [2.24, 2.45) is 0 Å². The Morgan fingerprint density at radius 2 is 2.07 bits per heavy atom. The van der Waals surface area contributed by atoms with E-state index in [2.05, 4.69) is 15.9 Å². The number of methoxy groups -OCH3 is 1. The smallest absolute Gasteiger partial charge is 0.133 e. The lowest BCUT2D eigenvalue weighted by molar-refractivity contribution is 0.397. The van der Waals surface area contributed by atoms with E-state index in [0.29, 0.717) is 10.9 Å². The molecule has 0 saturated carbocycles. The molecule has 0 fully saturated rings. The van der Waals surface area contributed by atoms with Crippen LogP contribution in [-0.2, 0) is 0 Å². The van der Waals surface area contributed by atoms with Crippen LogP contribution in [0, 0.1) is 11.6 Å². The molecule has 1 nitrogen and oxygen atoms in total. The predicted molar refractivity (Wildman–Crippen MR) is 55.1 cm³/mol. The average molecular weight is 265 g/mol. The second-order valence-corrected chi connectivity index (χ2v) is 3.71. The third kappa shape index (κ3) is 2.23. The minimum absolute atomic E-state index is 0.0504. The van der Waals surface area contributed by atoms with Crippen molar-refractivity contribution in [1.82, 2.24) is 0 Å². The zero-order valence-corrected chi connectivity index (χ0v) is 9.57. The van der Waals surface area contributed by atoms with Gasteiger partial charge >= 0.3 is 0 Å². The lowest BCUT2D eigenvalue weighted by atomic mass is 10.0. The minimum Gasteiger partial charge on any atom is -0.496 e. The summed E-state index contributed by atoms with van der Waals surface area (Å²) in [5, 5.41) is 0.603. The molecule has 1 atom stereocenters. The summed E-state index contributed by atoms with van der Waals surface area (Å²) in [6.45, 7) is 1.84. The van der Waals surface area contributed by atoms with Crippen molar-refractivity contribution in [1.29, 1.82) is 0 Å². The van der Waals surface area contributed by atoms with Gasteiger partial charge in [-0.3, -0.25) is 0 Å². The molecule has 0 aliphatic rings. The van der Waals surface area contributed by atoms with Gasteiger partial charge in [-0.25, -0.2) is 8.78 Å². The van der Waals surface area contributed by atoms with Gasteiger partial charge in [-0.05, 0) is 5.92 Å². The number of alkyl halides is 1. The lowest BCUT2D eigenvalue weighted by Crippen LogP contribution is -2.03. The normalized spacial score (nSPS) is 12.6. The van der Waals surface area contributed by atoms with Crippen LogP contribution in [0.4, 0.5) is 8.78 Å². The average Bonchev–Trinajstić information content (AvgIpc) is 2.15. The van der Waals surface area contributed by atoms with Gasteiger partial charge in [0.2, 0.25) is 0 Å². The van der Waals surface area contributed by atoms with E-state index in [9.17, 15) is 8.78 Å². The van der Waals surface area contributed by atoms with Gasteiger partial charge in [0.15, 0.2) is 0 Å². The van der Waals surface area contributed by atoms with E-state index in [1.165, 1.54) is 13.2 Å². The summed E-state index contributed by atoms with van der Waals surface area (Å²) in [4.78, 5) is 0. The maximum atomic E-state index is 13.4.